The molecule has 1 N–H and O–H groups in total. The van der Waals surface area contributed by atoms with Gasteiger partial charge in [-0.3, -0.25) is 4.79 Å². The van der Waals surface area contributed by atoms with Gasteiger partial charge in [0.2, 0.25) is 0 Å². The average molecular weight is 342 g/mol. The molecule has 1 saturated heterocycles. The molecule has 0 aromatic carbocycles. The first-order chi connectivity index (χ1) is 11.3. The molecule has 0 radical (unpaired) electrons. The van der Waals surface area contributed by atoms with Crippen molar-refractivity contribution in [2.75, 3.05) is 19.8 Å². The fourth-order valence-electron chi connectivity index (χ4n) is 1.47. The molecule has 24 heavy (non-hydrogen) atoms. The van der Waals surface area contributed by atoms with E-state index < -0.39 is 24.6 Å². The van der Waals surface area contributed by atoms with E-state index in [1.807, 2.05) is 0 Å². The molecular formula is C17H26O7. The maximum absolute atomic E-state index is 11.1. The number of aliphatic hydroxyl groups excluding tert-OH is 1. The van der Waals surface area contributed by atoms with Gasteiger partial charge in [0, 0.05) is 17.6 Å². The van der Waals surface area contributed by atoms with Crippen molar-refractivity contribution in [1.29, 1.82) is 0 Å². The Balaban J connectivity index is 0.000000546. The molecule has 0 saturated carbocycles. The van der Waals surface area contributed by atoms with Crippen molar-refractivity contribution in [3.05, 3.63) is 24.3 Å². The molecule has 136 valence electrons. The number of carbonyl (C=O) groups is 3. The van der Waals surface area contributed by atoms with Crippen LogP contribution in [0.3, 0.4) is 0 Å². The smallest absolute Gasteiger partial charge is 0.333 e. The number of ether oxygens (including phenoxy) is 3. The second-order valence-corrected chi connectivity index (χ2v) is 5.40. The first kappa shape index (κ1) is 21.9. The molecule has 0 bridgehead atoms. The second kappa shape index (κ2) is 12.3. The molecule has 0 aliphatic carbocycles. The van der Waals surface area contributed by atoms with Crippen LogP contribution in [0.4, 0.5) is 0 Å². The third-order valence-electron chi connectivity index (χ3n) is 2.86. The molecule has 7 nitrogen and oxygen atoms in total. The Hall–Kier alpha value is -2.15. The summed E-state index contributed by atoms with van der Waals surface area (Å²) in [5.74, 6) is -1.25. The Morgan fingerprint density at radius 2 is 1.79 bits per heavy atom. The van der Waals surface area contributed by atoms with Gasteiger partial charge in [0.1, 0.15) is 6.61 Å². The summed E-state index contributed by atoms with van der Waals surface area (Å²) in [4.78, 5) is 32.6. The van der Waals surface area contributed by atoms with Crippen molar-refractivity contribution in [3.8, 4) is 0 Å². The lowest BCUT2D eigenvalue weighted by molar-refractivity contribution is -0.156. The highest BCUT2D eigenvalue weighted by atomic mass is 16.6. The number of hydrogen-bond acceptors (Lipinski definition) is 7. The summed E-state index contributed by atoms with van der Waals surface area (Å²) >= 11 is 0. The standard InChI is InChI=1S/C11H16O5.C6H10O2/c1-7(2)10(13)15-6-9(5-12)16-11(14)8(3)4;7-6-4-2-1-3-5-8-6/h9,12H,1,3,5-6H2,2,4H3;1-5H2. The molecule has 1 fully saturated rings. The van der Waals surface area contributed by atoms with Gasteiger partial charge in [-0.2, -0.15) is 0 Å². The summed E-state index contributed by atoms with van der Waals surface area (Å²) in [5.41, 5.74) is 0.451. The van der Waals surface area contributed by atoms with Crippen molar-refractivity contribution in [2.24, 2.45) is 0 Å². The van der Waals surface area contributed by atoms with Crippen LogP contribution in [0.5, 0.6) is 0 Å². The molecule has 0 spiro atoms. The van der Waals surface area contributed by atoms with E-state index in [1.54, 1.807) is 0 Å². The number of esters is 3. The summed E-state index contributed by atoms with van der Waals surface area (Å²) < 4.78 is 14.3. The summed E-state index contributed by atoms with van der Waals surface area (Å²) in [5, 5.41) is 8.89. The fraction of sp³-hybridized carbons (Fsp3) is 0.588. The summed E-state index contributed by atoms with van der Waals surface area (Å²) in [6.07, 6.45) is 2.95. The highest BCUT2D eigenvalue weighted by Gasteiger charge is 2.16. The van der Waals surface area contributed by atoms with Crippen LogP contribution in [-0.2, 0) is 28.6 Å². The van der Waals surface area contributed by atoms with Crippen LogP contribution in [0.2, 0.25) is 0 Å². The molecule has 7 heteroatoms. The van der Waals surface area contributed by atoms with Gasteiger partial charge in [-0.25, -0.2) is 9.59 Å². The first-order valence-electron chi connectivity index (χ1n) is 7.73. The van der Waals surface area contributed by atoms with Crippen molar-refractivity contribution >= 4 is 17.9 Å². The molecule has 0 aromatic rings. The van der Waals surface area contributed by atoms with Crippen LogP contribution in [-0.4, -0.2) is 48.9 Å². The van der Waals surface area contributed by atoms with E-state index >= 15 is 0 Å². The number of cyclic esters (lactones) is 1. The highest BCUT2D eigenvalue weighted by molar-refractivity contribution is 5.87. The molecule has 1 atom stereocenters. The minimum atomic E-state index is -0.882. The van der Waals surface area contributed by atoms with E-state index in [9.17, 15) is 14.4 Å². The number of carbonyl (C=O) groups excluding carboxylic acids is 3. The normalized spacial score (nSPS) is 14.9. The van der Waals surface area contributed by atoms with Crippen molar-refractivity contribution < 1.29 is 33.7 Å². The lowest BCUT2D eigenvalue weighted by Crippen LogP contribution is -2.28. The quantitative estimate of drug-likeness (QED) is 0.445. The predicted octanol–water partition coefficient (Wildman–Crippen LogP) is 1.69. The van der Waals surface area contributed by atoms with Crippen LogP contribution < -0.4 is 0 Å². The van der Waals surface area contributed by atoms with Crippen molar-refractivity contribution in [2.45, 2.75) is 45.6 Å². The maximum Gasteiger partial charge on any atom is 0.333 e. The molecule has 1 aliphatic rings. The van der Waals surface area contributed by atoms with Crippen LogP contribution in [0, 0.1) is 0 Å². The molecule has 1 aliphatic heterocycles. The van der Waals surface area contributed by atoms with E-state index in [1.165, 1.54) is 13.8 Å². The van der Waals surface area contributed by atoms with E-state index in [0.29, 0.717) is 13.0 Å². The van der Waals surface area contributed by atoms with Crippen molar-refractivity contribution in [3.63, 3.8) is 0 Å². The number of rotatable bonds is 6. The van der Waals surface area contributed by atoms with Crippen molar-refractivity contribution in [1.82, 2.24) is 0 Å². The van der Waals surface area contributed by atoms with Crippen LogP contribution in [0.25, 0.3) is 0 Å². The Labute approximate surface area is 142 Å². The lowest BCUT2D eigenvalue weighted by atomic mass is 10.2. The number of hydrogen-bond donors (Lipinski definition) is 1. The van der Waals surface area contributed by atoms with Gasteiger partial charge < -0.3 is 19.3 Å². The van der Waals surface area contributed by atoms with E-state index in [-0.39, 0.29) is 23.7 Å². The van der Waals surface area contributed by atoms with Crippen LogP contribution >= 0.6 is 0 Å². The highest BCUT2D eigenvalue weighted by Crippen LogP contribution is 2.06. The number of aliphatic hydroxyl groups is 1. The Morgan fingerprint density at radius 1 is 1.17 bits per heavy atom. The summed E-state index contributed by atoms with van der Waals surface area (Å²) in [6.45, 7) is 9.76. The van der Waals surface area contributed by atoms with Gasteiger partial charge >= 0.3 is 17.9 Å². The molecule has 1 heterocycles. The molecule has 0 amide bonds. The van der Waals surface area contributed by atoms with Gasteiger partial charge in [0.25, 0.3) is 0 Å². The van der Waals surface area contributed by atoms with E-state index in [2.05, 4.69) is 13.2 Å². The second-order valence-electron chi connectivity index (χ2n) is 5.40. The van der Waals surface area contributed by atoms with E-state index in [4.69, 9.17) is 19.3 Å². The molecule has 0 aromatic heterocycles. The van der Waals surface area contributed by atoms with Gasteiger partial charge in [-0.15, -0.1) is 0 Å². The van der Waals surface area contributed by atoms with Gasteiger partial charge in [0.15, 0.2) is 6.10 Å². The Bertz CT molecular complexity index is 458. The van der Waals surface area contributed by atoms with E-state index in [0.717, 1.165) is 19.3 Å². The molecular weight excluding hydrogens is 316 g/mol. The van der Waals surface area contributed by atoms with Crippen LogP contribution in [0.15, 0.2) is 24.3 Å². The SMILES string of the molecule is C=C(C)C(=O)OCC(CO)OC(=O)C(=C)C.O=C1CCCCCO1. The Morgan fingerprint density at radius 3 is 2.33 bits per heavy atom. The predicted molar refractivity (Wildman–Crippen MR) is 87.0 cm³/mol. The third-order valence-corrected chi connectivity index (χ3v) is 2.86. The van der Waals surface area contributed by atoms with Crippen LogP contribution in [0.1, 0.15) is 39.5 Å². The first-order valence-corrected chi connectivity index (χ1v) is 7.73. The topological polar surface area (TPSA) is 99.1 Å². The Kier molecular flexibility index (Phi) is 11.2. The van der Waals surface area contributed by atoms with Gasteiger partial charge in [-0.1, -0.05) is 13.2 Å². The average Bonchev–Trinajstić information content (AvgIpc) is 2.78. The third kappa shape index (κ3) is 10.6. The summed E-state index contributed by atoms with van der Waals surface area (Å²) in [7, 11) is 0. The fourth-order valence-corrected chi connectivity index (χ4v) is 1.47. The molecule has 1 rings (SSSR count). The largest absolute Gasteiger partial charge is 0.466 e. The summed E-state index contributed by atoms with van der Waals surface area (Å²) in [6, 6.07) is 0. The zero-order valence-corrected chi connectivity index (χ0v) is 14.3. The zero-order chi connectivity index (χ0) is 18.5. The minimum Gasteiger partial charge on any atom is -0.466 e. The molecule has 1 unspecified atom stereocenters. The lowest BCUT2D eigenvalue weighted by Gasteiger charge is -2.15. The maximum atomic E-state index is 11.1. The zero-order valence-electron chi connectivity index (χ0n) is 14.3. The van der Waals surface area contributed by atoms with Gasteiger partial charge in [0.05, 0.1) is 13.2 Å². The monoisotopic (exact) mass is 342 g/mol. The minimum absolute atomic E-state index is 0.0255. The van der Waals surface area contributed by atoms with Gasteiger partial charge in [-0.05, 0) is 33.1 Å².